The van der Waals surface area contributed by atoms with Crippen LogP contribution in [0.3, 0.4) is 0 Å². The number of nitrogens with two attached hydrogens (primary N) is 1. The van der Waals surface area contributed by atoms with Crippen molar-refractivity contribution in [2.24, 2.45) is 5.73 Å². The molecule has 1 aromatic rings. The Hall–Kier alpha value is -1.79. The van der Waals surface area contributed by atoms with E-state index in [1.54, 1.807) is 31.2 Å². The highest BCUT2D eigenvalue weighted by atomic mass is 35.5. The zero-order chi connectivity index (χ0) is 16.8. The number of nitrogens with one attached hydrogen (secondary N) is 1. The van der Waals surface area contributed by atoms with Gasteiger partial charge in [0.25, 0.3) is 5.91 Å². The van der Waals surface area contributed by atoms with Gasteiger partial charge in [0, 0.05) is 24.2 Å². The Morgan fingerprint density at radius 2 is 1.96 bits per heavy atom. The van der Waals surface area contributed by atoms with Crippen LogP contribution in [0.2, 0.25) is 5.02 Å². The van der Waals surface area contributed by atoms with Crippen LogP contribution in [-0.4, -0.2) is 48.5 Å². The van der Waals surface area contributed by atoms with Gasteiger partial charge in [-0.2, -0.15) is 0 Å². The molecule has 0 unspecified atom stereocenters. The van der Waals surface area contributed by atoms with E-state index < -0.39 is 6.10 Å². The first-order valence-electron chi connectivity index (χ1n) is 7.67. The van der Waals surface area contributed by atoms with Crippen molar-refractivity contribution in [1.29, 1.82) is 0 Å². The third-order valence-corrected chi connectivity index (χ3v) is 4.06. The molecule has 126 valence electrons. The first-order chi connectivity index (χ1) is 10.9. The molecule has 1 aromatic carbocycles. The highest BCUT2D eigenvalue weighted by Gasteiger charge is 2.24. The van der Waals surface area contributed by atoms with Gasteiger partial charge in [-0.25, -0.2) is 0 Å². The average Bonchev–Trinajstić information content (AvgIpc) is 2.51. The maximum absolute atomic E-state index is 12.2. The van der Waals surface area contributed by atoms with E-state index in [4.69, 9.17) is 22.1 Å². The van der Waals surface area contributed by atoms with Crippen LogP contribution in [0.1, 0.15) is 19.8 Å². The third-order valence-electron chi connectivity index (χ3n) is 3.81. The number of likely N-dealkylation sites (tertiary alicyclic amines) is 1. The highest BCUT2D eigenvalue weighted by molar-refractivity contribution is 6.30. The van der Waals surface area contributed by atoms with Gasteiger partial charge in [-0.1, -0.05) is 11.6 Å². The van der Waals surface area contributed by atoms with Crippen LogP contribution in [0, 0.1) is 0 Å². The lowest BCUT2D eigenvalue weighted by molar-refractivity contribution is -0.128. The Kier molecular flexibility index (Phi) is 6.24. The summed E-state index contributed by atoms with van der Waals surface area (Å²) in [6.45, 7) is 3.49. The summed E-state index contributed by atoms with van der Waals surface area (Å²) in [6, 6.07) is 7.00. The number of nitrogens with zero attached hydrogens (tertiary/aromatic N) is 1. The van der Waals surface area contributed by atoms with E-state index in [9.17, 15) is 9.59 Å². The standard InChI is InChI=1S/C16H22ClN3O3/c1-11(23-14-4-2-12(17)3-5-14)16(22)19-13-6-8-20(9-7-13)10-15(18)21/h2-5,11,13H,6-10H2,1H3,(H2,18,21)(H,19,22)/t11-/m0/s1. The monoisotopic (exact) mass is 339 g/mol. The highest BCUT2D eigenvalue weighted by Crippen LogP contribution is 2.17. The van der Waals surface area contributed by atoms with Crippen LogP contribution in [-0.2, 0) is 9.59 Å². The second-order valence-electron chi connectivity index (χ2n) is 5.74. The molecule has 0 saturated carbocycles. The molecule has 1 heterocycles. The van der Waals surface area contributed by atoms with Crippen LogP contribution in [0.15, 0.2) is 24.3 Å². The molecule has 1 aliphatic heterocycles. The van der Waals surface area contributed by atoms with Crippen molar-refractivity contribution in [3.63, 3.8) is 0 Å². The van der Waals surface area contributed by atoms with E-state index in [2.05, 4.69) is 5.32 Å². The molecule has 7 heteroatoms. The van der Waals surface area contributed by atoms with Gasteiger partial charge in [-0.05, 0) is 44.0 Å². The first kappa shape index (κ1) is 17.6. The number of primary amides is 1. The number of hydrogen-bond acceptors (Lipinski definition) is 4. The SMILES string of the molecule is C[C@H](Oc1ccc(Cl)cc1)C(=O)NC1CCN(CC(N)=O)CC1. The second-order valence-corrected chi connectivity index (χ2v) is 6.18. The Bertz CT molecular complexity index is 542. The molecular formula is C16H22ClN3O3. The van der Waals surface area contributed by atoms with Crippen LogP contribution >= 0.6 is 11.6 Å². The predicted molar refractivity (Wildman–Crippen MR) is 88.3 cm³/mol. The second kappa shape index (κ2) is 8.17. The summed E-state index contributed by atoms with van der Waals surface area (Å²) in [6.07, 6.45) is 1.01. The van der Waals surface area contributed by atoms with Gasteiger partial charge < -0.3 is 15.8 Å². The van der Waals surface area contributed by atoms with Crippen molar-refractivity contribution in [2.45, 2.75) is 31.9 Å². The number of carbonyl (C=O) groups excluding carboxylic acids is 2. The van der Waals surface area contributed by atoms with Crippen LogP contribution < -0.4 is 15.8 Å². The fourth-order valence-corrected chi connectivity index (χ4v) is 2.67. The summed E-state index contributed by atoms with van der Waals surface area (Å²) in [5.41, 5.74) is 5.19. The normalized spacial score (nSPS) is 17.5. The Labute approximate surface area is 140 Å². The Balaban J connectivity index is 1.76. The van der Waals surface area contributed by atoms with Crippen LogP contribution in [0.4, 0.5) is 0 Å². The molecule has 2 amide bonds. The largest absolute Gasteiger partial charge is 0.481 e. The van der Waals surface area contributed by atoms with E-state index in [0.29, 0.717) is 10.8 Å². The summed E-state index contributed by atoms with van der Waals surface area (Å²) < 4.78 is 5.60. The van der Waals surface area contributed by atoms with Crippen molar-refractivity contribution in [2.75, 3.05) is 19.6 Å². The molecule has 0 bridgehead atoms. The number of carbonyl (C=O) groups is 2. The molecule has 0 radical (unpaired) electrons. The molecule has 23 heavy (non-hydrogen) atoms. The van der Waals surface area contributed by atoms with Crippen molar-refractivity contribution >= 4 is 23.4 Å². The molecule has 0 aliphatic carbocycles. The van der Waals surface area contributed by atoms with Gasteiger partial charge in [0.05, 0.1) is 6.54 Å². The number of benzene rings is 1. The van der Waals surface area contributed by atoms with E-state index in [-0.39, 0.29) is 24.4 Å². The minimum Gasteiger partial charge on any atom is -0.481 e. The molecule has 1 atom stereocenters. The van der Waals surface area contributed by atoms with Gasteiger partial charge in [0.1, 0.15) is 5.75 Å². The molecule has 6 nitrogen and oxygen atoms in total. The molecule has 0 spiro atoms. The van der Waals surface area contributed by atoms with Gasteiger partial charge in [0.15, 0.2) is 6.10 Å². The lowest BCUT2D eigenvalue weighted by Gasteiger charge is -2.32. The molecule has 2 rings (SSSR count). The average molecular weight is 340 g/mol. The molecule has 3 N–H and O–H groups in total. The maximum atomic E-state index is 12.2. The zero-order valence-electron chi connectivity index (χ0n) is 13.1. The van der Waals surface area contributed by atoms with Crippen molar-refractivity contribution in [3.05, 3.63) is 29.3 Å². The quantitative estimate of drug-likeness (QED) is 0.815. The lowest BCUT2D eigenvalue weighted by atomic mass is 10.0. The van der Waals surface area contributed by atoms with Gasteiger partial charge in [0.2, 0.25) is 5.91 Å². The fraction of sp³-hybridized carbons (Fsp3) is 0.500. The van der Waals surface area contributed by atoms with E-state index in [1.807, 2.05) is 4.90 Å². The first-order valence-corrected chi connectivity index (χ1v) is 8.05. The number of halogens is 1. The van der Waals surface area contributed by atoms with E-state index in [1.165, 1.54) is 0 Å². The zero-order valence-corrected chi connectivity index (χ0v) is 13.9. The minimum atomic E-state index is -0.583. The van der Waals surface area contributed by atoms with Crippen molar-refractivity contribution < 1.29 is 14.3 Å². The predicted octanol–water partition coefficient (Wildman–Crippen LogP) is 1.17. The van der Waals surface area contributed by atoms with Gasteiger partial charge in [-0.3, -0.25) is 14.5 Å². The van der Waals surface area contributed by atoms with Crippen LogP contribution in [0.25, 0.3) is 0 Å². The summed E-state index contributed by atoms with van der Waals surface area (Å²) in [5.74, 6) is 0.138. The van der Waals surface area contributed by atoms with E-state index in [0.717, 1.165) is 25.9 Å². The molecule has 1 saturated heterocycles. The molecule has 1 aliphatic rings. The smallest absolute Gasteiger partial charge is 0.260 e. The number of piperidine rings is 1. The van der Waals surface area contributed by atoms with Gasteiger partial charge >= 0.3 is 0 Å². The van der Waals surface area contributed by atoms with Crippen LogP contribution in [0.5, 0.6) is 5.75 Å². The maximum Gasteiger partial charge on any atom is 0.260 e. The lowest BCUT2D eigenvalue weighted by Crippen LogP contribution is -2.49. The summed E-state index contributed by atoms with van der Waals surface area (Å²) in [4.78, 5) is 25.1. The fourth-order valence-electron chi connectivity index (χ4n) is 2.55. The third kappa shape index (κ3) is 5.73. The number of amides is 2. The van der Waals surface area contributed by atoms with Gasteiger partial charge in [-0.15, -0.1) is 0 Å². The summed E-state index contributed by atoms with van der Waals surface area (Å²) in [7, 11) is 0. The van der Waals surface area contributed by atoms with E-state index >= 15 is 0 Å². The van der Waals surface area contributed by atoms with Crippen molar-refractivity contribution in [1.82, 2.24) is 10.2 Å². The van der Waals surface area contributed by atoms with Crippen molar-refractivity contribution in [3.8, 4) is 5.75 Å². The summed E-state index contributed by atoms with van der Waals surface area (Å²) >= 11 is 5.82. The number of ether oxygens (including phenoxy) is 1. The number of rotatable bonds is 6. The topological polar surface area (TPSA) is 84.7 Å². The molecule has 0 aromatic heterocycles. The minimum absolute atomic E-state index is 0.0999. The Morgan fingerprint density at radius 3 is 2.52 bits per heavy atom. The molecule has 1 fully saturated rings. The summed E-state index contributed by atoms with van der Waals surface area (Å²) in [5, 5.41) is 3.61. The molecular weight excluding hydrogens is 318 g/mol. The number of hydrogen-bond donors (Lipinski definition) is 2. The Morgan fingerprint density at radius 1 is 1.35 bits per heavy atom.